The van der Waals surface area contributed by atoms with Gasteiger partial charge in [-0.05, 0) is 31.6 Å². The summed E-state index contributed by atoms with van der Waals surface area (Å²) in [4.78, 5) is 0. The molecule has 1 atom stereocenters. The Morgan fingerprint density at radius 3 is 3.22 bits per heavy atom. The van der Waals surface area contributed by atoms with Crippen LogP contribution in [-0.2, 0) is 0 Å². The minimum Gasteiger partial charge on any atom is -0.135 e. The minimum atomic E-state index is 0.497. The zero-order chi connectivity index (χ0) is 12.1. The summed E-state index contributed by atoms with van der Waals surface area (Å²) in [6.45, 7) is 2.16. The first-order valence-electron chi connectivity index (χ1n) is 6.25. The van der Waals surface area contributed by atoms with Gasteiger partial charge >= 0.3 is 0 Å². The lowest BCUT2D eigenvalue weighted by molar-refractivity contribution is 0.875. The van der Waals surface area contributed by atoms with Gasteiger partial charge in [-0.1, -0.05) is 35.6 Å². The molecule has 0 radical (unpaired) electrons. The predicted octanol–water partition coefficient (Wildman–Crippen LogP) is 2.73. The van der Waals surface area contributed by atoms with Crippen LogP contribution >= 0.6 is 11.3 Å². The van der Waals surface area contributed by atoms with Crippen molar-refractivity contribution in [2.75, 3.05) is 0 Å². The fourth-order valence-corrected chi connectivity index (χ4v) is 3.95. The van der Waals surface area contributed by atoms with Crippen LogP contribution in [0.25, 0.3) is 21.7 Å². The maximum Gasteiger partial charge on any atom is 0.0355 e. The lowest BCUT2D eigenvalue weighted by Gasteiger charge is -2.15. The van der Waals surface area contributed by atoms with Gasteiger partial charge in [0.05, 0.1) is 0 Å². The van der Waals surface area contributed by atoms with Gasteiger partial charge in [0.15, 0.2) is 0 Å². The molecule has 1 heterocycles. The Bertz CT molecular complexity index is 866. The van der Waals surface area contributed by atoms with Crippen LogP contribution in [0, 0.1) is 24.7 Å². The highest BCUT2D eigenvalue weighted by Crippen LogP contribution is 2.25. The molecule has 1 aromatic heterocycles. The van der Waals surface area contributed by atoms with E-state index in [0.717, 1.165) is 6.42 Å². The van der Waals surface area contributed by atoms with E-state index in [-0.39, 0.29) is 0 Å². The van der Waals surface area contributed by atoms with Crippen molar-refractivity contribution >= 4 is 33.1 Å². The van der Waals surface area contributed by atoms with Crippen molar-refractivity contribution in [1.29, 1.82) is 0 Å². The quantitative estimate of drug-likeness (QED) is 0.629. The van der Waals surface area contributed by atoms with Gasteiger partial charge in [-0.25, -0.2) is 0 Å². The third kappa shape index (κ3) is 1.33. The summed E-state index contributed by atoms with van der Waals surface area (Å²) in [5.41, 5.74) is 2.65. The monoisotopic (exact) mass is 248 g/mol. The standard InChI is InChI=1S/C17H12S/c1-11-6-8-15-14(10-11)17-13-5-3-2-4-12(13)7-9-16(17)18-15/h2,4,6,8-10,12H,7H2,1H3/t12-/m0/s1. The van der Waals surface area contributed by atoms with Crippen molar-refractivity contribution in [1.82, 2.24) is 0 Å². The average Bonchev–Trinajstić information content (AvgIpc) is 2.77. The second-order valence-corrected chi connectivity index (χ2v) is 6.01. The lowest BCUT2D eigenvalue weighted by atomic mass is 9.88. The molecule has 18 heavy (non-hydrogen) atoms. The van der Waals surface area contributed by atoms with Gasteiger partial charge in [0.2, 0.25) is 0 Å². The molecule has 2 aliphatic carbocycles. The molecule has 0 fully saturated rings. The van der Waals surface area contributed by atoms with E-state index in [0.29, 0.717) is 5.92 Å². The fraction of sp³-hybridized carbons (Fsp3) is 0.176. The molecule has 0 aliphatic heterocycles. The van der Waals surface area contributed by atoms with Crippen molar-refractivity contribution in [3.05, 3.63) is 45.7 Å². The lowest BCUT2D eigenvalue weighted by Crippen LogP contribution is -2.28. The summed E-state index contributed by atoms with van der Waals surface area (Å²) < 4.78 is 2.79. The van der Waals surface area contributed by atoms with Crippen LogP contribution in [0.2, 0.25) is 0 Å². The van der Waals surface area contributed by atoms with Gasteiger partial charge in [-0.3, -0.25) is 0 Å². The number of benzene rings is 1. The molecule has 4 rings (SSSR count). The average molecular weight is 248 g/mol. The van der Waals surface area contributed by atoms with Gasteiger partial charge in [0.1, 0.15) is 0 Å². The summed E-state index contributed by atoms with van der Waals surface area (Å²) in [5.74, 6) is 6.96. The number of rotatable bonds is 0. The van der Waals surface area contributed by atoms with E-state index < -0.39 is 0 Å². The van der Waals surface area contributed by atoms with E-state index in [1.165, 1.54) is 31.0 Å². The highest BCUT2D eigenvalue weighted by atomic mass is 32.1. The van der Waals surface area contributed by atoms with Crippen LogP contribution in [0.3, 0.4) is 0 Å². The van der Waals surface area contributed by atoms with Crippen LogP contribution in [0.5, 0.6) is 0 Å². The number of allylic oxidation sites excluding steroid dienone is 2. The van der Waals surface area contributed by atoms with Crippen LogP contribution < -0.4 is 9.75 Å². The summed E-state index contributed by atoms with van der Waals surface area (Å²) in [5, 5.41) is 2.78. The second kappa shape index (κ2) is 3.60. The number of hydrogen-bond acceptors (Lipinski definition) is 1. The van der Waals surface area contributed by atoms with Crippen LogP contribution in [0.15, 0.2) is 30.4 Å². The zero-order valence-corrected chi connectivity index (χ0v) is 11.0. The van der Waals surface area contributed by atoms with Crippen molar-refractivity contribution in [3.63, 3.8) is 0 Å². The fourth-order valence-electron chi connectivity index (χ4n) is 2.80. The molecule has 86 valence electrons. The maximum absolute atomic E-state index is 3.34. The van der Waals surface area contributed by atoms with E-state index >= 15 is 0 Å². The molecular weight excluding hydrogens is 236 g/mol. The Labute approximate surface area is 110 Å². The van der Waals surface area contributed by atoms with E-state index in [2.05, 4.69) is 49.1 Å². The molecule has 0 saturated carbocycles. The number of fused-ring (bicyclic) bond motifs is 4. The third-order valence-corrected chi connectivity index (χ3v) is 4.85. The van der Waals surface area contributed by atoms with E-state index in [1.807, 2.05) is 17.4 Å². The van der Waals surface area contributed by atoms with Crippen molar-refractivity contribution < 1.29 is 0 Å². The van der Waals surface area contributed by atoms with Crippen LogP contribution in [0.4, 0.5) is 0 Å². The Kier molecular flexibility index (Phi) is 2.04. The molecule has 0 nitrogen and oxygen atoms in total. The first kappa shape index (κ1) is 10.2. The number of aryl methyl sites for hydroxylation is 1. The first-order valence-corrected chi connectivity index (χ1v) is 7.06. The van der Waals surface area contributed by atoms with Gasteiger partial charge in [-0.2, -0.15) is 0 Å². The van der Waals surface area contributed by atoms with E-state index in [9.17, 15) is 0 Å². The molecule has 0 amide bonds. The molecule has 0 bridgehead atoms. The van der Waals surface area contributed by atoms with Crippen molar-refractivity contribution in [3.8, 4) is 11.8 Å². The topological polar surface area (TPSA) is 0 Å². The summed E-state index contributed by atoms with van der Waals surface area (Å²) >= 11 is 1.90. The SMILES string of the molecule is Cc1ccc2sc3c(c2c1)=C1C#CC=C[C@H]1CC=3. The molecule has 1 aromatic carbocycles. The normalized spacial score (nSPS) is 19.8. The summed E-state index contributed by atoms with van der Waals surface area (Å²) in [6.07, 6.45) is 7.71. The minimum absolute atomic E-state index is 0.497. The predicted molar refractivity (Wildman–Crippen MR) is 78.7 cm³/mol. The number of hydrogen-bond donors (Lipinski definition) is 0. The first-order chi connectivity index (χ1) is 8.83. The Balaban J connectivity index is 2.26. The Morgan fingerprint density at radius 1 is 1.33 bits per heavy atom. The second-order valence-electron chi connectivity index (χ2n) is 4.93. The van der Waals surface area contributed by atoms with Crippen molar-refractivity contribution in [2.24, 2.45) is 5.92 Å². The van der Waals surface area contributed by atoms with Crippen molar-refractivity contribution in [2.45, 2.75) is 13.3 Å². The highest BCUT2D eigenvalue weighted by Gasteiger charge is 2.18. The smallest absolute Gasteiger partial charge is 0.0355 e. The van der Waals surface area contributed by atoms with Gasteiger partial charge in [0, 0.05) is 31.3 Å². The third-order valence-electron chi connectivity index (χ3n) is 3.69. The highest BCUT2D eigenvalue weighted by molar-refractivity contribution is 7.17. The number of thiophene rings is 1. The van der Waals surface area contributed by atoms with Gasteiger partial charge in [-0.15, -0.1) is 11.3 Å². The molecule has 0 spiro atoms. The van der Waals surface area contributed by atoms with Crippen LogP contribution in [-0.4, -0.2) is 0 Å². The molecular formula is C17H12S. The Hall–Kier alpha value is -1.78. The molecule has 2 aliphatic rings. The molecule has 1 heteroatoms. The molecule has 0 saturated heterocycles. The largest absolute Gasteiger partial charge is 0.135 e. The zero-order valence-electron chi connectivity index (χ0n) is 10.2. The molecule has 0 N–H and O–H groups in total. The summed E-state index contributed by atoms with van der Waals surface area (Å²) in [7, 11) is 0. The molecule has 0 unspecified atom stereocenters. The van der Waals surface area contributed by atoms with Gasteiger partial charge < -0.3 is 0 Å². The van der Waals surface area contributed by atoms with E-state index in [1.54, 1.807) is 0 Å². The van der Waals surface area contributed by atoms with Gasteiger partial charge in [0.25, 0.3) is 0 Å². The van der Waals surface area contributed by atoms with Crippen LogP contribution in [0.1, 0.15) is 12.0 Å². The summed E-state index contributed by atoms with van der Waals surface area (Å²) in [6, 6.07) is 6.73. The van der Waals surface area contributed by atoms with E-state index in [4.69, 9.17) is 0 Å². The molecule has 2 aromatic rings. The maximum atomic E-state index is 3.34. The Morgan fingerprint density at radius 2 is 2.28 bits per heavy atom.